The van der Waals surface area contributed by atoms with E-state index in [-0.39, 0.29) is 4.21 Å². The Bertz CT molecular complexity index is 907. The lowest BCUT2D eigenvalue weighted by Gasteiger charge is -2.18. The first-order chi connectivity index (χ1) is 12.6. The summed E-state index contributed by atoms with van der Waals surface area (Å²) < 4.78 is 25.9. The largest absolute Gasteiger partial charge is 0.375 e. The Balaban J connectivity index is 2.16. The number of amides is 2. The molecule has 1 heterocycles. The summed E-state index contributed by atoms with van der Waals surface area (Å²) in [5, 5.41) is 3.10. The Kier molecular flexibility index (Phi) is 6.45. The molecule has 0 aliphatic rings. The molecule has 2 amide bonds. The topological polar surface area (TPSA) is 85.9 Å². The van der Waals surface area contributed by atoms with Crippen molar-refractivity contribution >= 4 is 43.9 Å². The van der Waals surface area contributed by atoms with Crippen molar-refractivity contribution in [2.75, 3.05) is 49.9 Å². The molecule has 148 valence electrons. The van der Waals surface area contributed by atoms with Crippen LogP contribution in [0.3, 0.4) is 0 Å². The number of carbonyl (C=O) groups is 1. The molecule has 10 heteroatoms. The van der Waals surface area contributed by atoms with Gasteiger partial charge in [-0.15, -0.1) is 0 Å². The van der Waals surface area contributed by atoms with Crippen LogP contribution in [0.2, 0.25) is 0 Å². The highest BCUT2D eigenvalue weighted by Gasteiger charge is 2.26. The van der Waals surface area contributed by atoms with Gasteiger partial charge >= 0.3 is 6.03 Å². The van der Waals surface area contributed by atoms with Crippen molar-refractivity contribution in [1.29, 1.82) is 0 Å². The fourth-order valence-electron chi connectivity index (χ4n) is 2.19. The monoisotopic (exact) mass is 411 g/mol. The van der Waals surface area contributed by atoms with Crippen molar-refractivity contribution in [2.45, 2.75) is 18.1 Å². The standard InChI is InChI=1S/C17H25N5O3S2/c1-7-21(5)14-10-8-13(9-11-14)19-16(23)22(6)17-18-12(2)15(26-17)27(24,25)20(3)4/h8-11H,7H2,1-6H3,(H,19,23). The minimum Gasteiger partial charge on any atom is -0.375 e. The SMILES string of the molecule is CCN(C)c1ccc(NC(=O)N(C)c2nc(C)c(S(=O)(=O)N(C)C)s2)cc1. The van der Waals surface area contributed by atoms with Crippen molar-refractivity contribution in [3.63, 3.8) is 0 Å². The first-order valence-corrected chi connectivity index (χ1v) is 10.6. The summed E-state index contributed by atoms with van der Waals surface area (Å²) in [6, 6.07) is 7.10. The van der Waals surface area contributed by atoms with Gasteiger partial charge in [0.15, 0.2) is 9.34 Å². The maximum Gasteiger partial charge on any atom is 0.327 e. The van der Waals surface area contributed by atoms with Gasteiger partial charge in [-0.25, -0.2) is 22.5 Å². The molecular weight excluding hydrogens is 386 g/mol. The summed E-state index contributed by atoms with van der Waals surface area (Å²) in [7, 11) is 2.88. The lowest BCUT2D eigenvalue weighted by atomic mass is 10.2. The van der Waals surface area contributed by atoms with Gasteiger partial charge in [-0.2, -0.15) is 0 Å². The number of thiazole rings is 1. The molecule has 0 saturated heterocycles. The molecule has 0 unspecified atom stereocenters. The zero-order valence-corrected chi connectivity index (χ0v) is 18.0. The molecule has 0 saturated carbocycles. The van der Waals surface area contributed by atoms with Crippen LogP contribution in [0.1, 0.15) is 12.6 Å². The predicted octanol–water partition coefficient (Wildman–Crippen LogP) is 2.83. The third-order valence-electron chi connectivity index (χ3n) is 4.08. The number of carbonyl (C=O) groups excluding carboxylic acids is 1. The lowest BCUT2D eigenvalue weighted by Crippen LogP contribution is -2.31. The number of nitrogens with one attached hydrogen (secondary N) is 1. The smallest absolute Gasteiger partial charge is 0.327 e. The Labute approximate surface area is 164 Å². The molecule has 0 fully saturated rings. The number of aromatic nitrogens is 1. The molecule has 0 spiro atoms. The average Bonchev–Trinajstić information content (AvgIpc) is 3.03. The minimum atomic E-state index is -3.59. The van der Waals surface area contributed by atoms with Crippen molar-refractivity contribution in [3.05, 3.63) is 30.0 Å². The van der Waals surface area contributed by atoms with Gasteiger partial charge in [-0.05, 0) is 38.1 Å². The molecule has 0 bridgehead atoms. The zero-order valence-electron chi connectivity index (χ0n) is 16.3. The molecule has 1 N–H and O–H groups in total. The Morgan fingerprint density at radius 2 is 1.74 bits per heavy atom. The van der Waals surface area contributed by atoms with Crippen molar-refractivity contribution in [2.24, 2.45) is 0 Å². The van der Waals surface area contributed by atoms with Crippen LogP contribution in [-0.2, 0) is 10.0 Å². The van der Waals surface area contributed by atoms with Crippen LogP contribution < -0.4 is 15.1 Å². The normalized spacial score (nSPS) is 11.5. The first kappa shape index (κ1) is 21.1. The van der Waals surface area contributed by atoms with Crippen LogP contribution in [0.4, 0.5) is 21.3 Å². The van der Waals surface area contributed by atoms with E-state index in [1.54, 1.807) is 14.0 Å². The molecule has 2 rings (SSSR count). The summed E-state index contributed by atoms with van der Waals surface area (Å²) in [5.41, 5.74) is 2.07. The molecule has 1 aromatic carbocycles. The van der Waals surface area contributed by atoms with Gasteiger partial charge in [-0.1, -0.05) is 11.3 Å². The van der Waals surface area contributed by atoms with Gasteiger partial charge in [-0.3, -0.25) is 4.90 Å². The Morgan fingerprint density at radius 1 is 1.15 bits per heavy atom. The van der Waals surface area contributed by atoms with E-state index in [1.807, 2.05) is 31.3 Å². The second-order valence-electron chi connectivity index (χ2n) is 6.21. The van der Waals surface area contributed by atoms with Gasteiger partial charge in [0.25, 0.3) is 10.0 Å². The van der Waals surface area contributed by atoms with E-state index in [4.69, 9.17) is 0 Å². The third kappa shape index (κ3) is 4.57. The summed E-state index contributed by atoms with van der Waals surface area (Å²) >= 11 is 0.969. The number of sulfonamides is 1. The Hall–Kier alpha value is -2.17. The molecule has 0 atom stereocenters. The van der Waals surface area contributed by atoms with Gasteiger partial charge < -0.3 is 10.2 Å². The molecular formula is C17H25N5O3S2. The quantitative estimate of drug-likeness (QED) is 0.790. The summed E-state index contributed by atoms with van der Waals surface area (Å²) in [5.74, 6) is 0. The molecule has 0 aliphatic carbocycles. The highest BCUT2D eigenvalue weighted by molar-refractivity contribution is 7.91. The molecule has 0 aliphatic heterocycles. The summed E-state index contributed by atoms with van der Waals surface area (Å²) in [4.78, 5) is 20.1. The van der Waals surface area contributed by atoms with E-state index in [0.717, 1.165) is 27.9 Å². The van der Waals surface area contributed by atoms with Gasteiger partial charge in [0.05, 0.1) is 5.69 Å². The highest BCUT2D eigenvalue weighted by atomic mass is 32.2. The van der Waals surface area contributed by atoms with Gasteiger partial charge in [0.1, 0.15) is 0 Å². The molecule has 8 nitrogen and oxygen atoms in total. The van der Waals surface area contributed by atoms with Crippen LogP contribution in [0.5, 0.6) is 0 Å². The van der Waals surface area contributed by atoms with Crippen LogP contribution >= 0.6 is 11.3 Å². The van der Waals surface area contributed by atoms with E-state index in [2.05, 4.69) is 22.1 Å². The fraction of sp³-hybridized carbons (Fsp3) is 0.412. The first-order valence-electron chi connectivity index (χ1n) is 8.33. The average molecular weight is 412 g/mol. The van der Waals surface area contributed by atoms with E-state index in [9.17, 15) is 13.2 Å². The molecule has 27 heavy (non-hydrogen) atoms. The van der Waals surface area contributed by atoms with E-state index < -0.39 is 16.1 Å². The summed E-state index contributed by atoms with van der Waals surface area (Å²) in [6.45, 7) is 4.56. The van der Waals surface area contributed by atoms with Crippen molar-refractivity contribution in [1.82, 2.24) is 9.29 Å². The van der Waals surface area contributed by atoms with Crippen LogP contribution in [0, 0.1) is 6.92 Å². The van der Waals surface area contributed by atoms with Crippen LogP contribution in [0.25, 0.3) is 0 Å². The number of nitrogens with zero attached hydrogens (tertiary/aromatic N) is 4. The third-order valence-corrected chi connectivity index (χ3v) is 7.72. The second-order valence-corrected chi connectivity index (χ2v) is 9.53. The number of benzene rings is 1. The van der Waals surface area contributed by atoms with E-state index in [1.165, 1.54) is 19.0 Å². The number of anilines is 3. The maximum absolute atomic E-state index is 12.5. The predicted molar refractivity (Wildman–Crippen MR) is 111 cm³/mol. The minimum absolute atomic E-state index is 0.133. The van der Waals surface area contributed by atoms with Crippen molar-refractivity contribution in [3.8, 4) is 0 Å². The van der Waals surface area contributed by atoms with E-state index >= 15 is 0 Å². The molecule has 1 aromatic heterocycles. The second kappa shape index (κ2) is 8.24. The maximum atomic E-state index is 12.5. The number of urea groups is 1. The van der Waals surface area contributed by atoms with Crippen molar-refractivity contribution < 1.29 is 13.2 Å². The number of aryl methyl sites for hydroxylation is 1. The van der Waals surface area contributed by atoms with Gasteiger partial charge in [0.2, 0.25) is 0 Å². The van der Waals surface area contributed by atoms with Crippen LogP contribution in [-0.4, -0.2) is 58.5 Å². The highest BCUT2D eigenvalue weighted by Crippen LogP contribution is 2.31. The van der Waals surface area contributed by atoms with Crippen LogP contribution in [0.15, 0.2) is 28.5 Å². The number of hydrogen-bond donors (Lipinski definition) is 1. The molecule has 0 radical (unpaired) electrons. The fourth-order valence-corrected chi connectivity index (χ4v) is 4.80. The summed E-state index contributed by atoms with van der Waals surface area (Å²) in [6.07, 6.45) is 0. The van der Waals surface area contributed by atoms with E-state index in [0.29, 0.717) is 16.5 Å². The molecule has 2 aromatic rings. The number of rotatable bonds is 6. The number of hydrogen-bond acceptors (Lipinski definition) is 6. The van der Waals surface area contributed by atoms with Gasteiger partial charge in [0, 0.05) is 46.1 Å². The lowest BCUT2D eigenvalue weighted by molar-refractivity contribution is 0.258. The Morgan fingerprint density at radius 3 is 2.26 bits per heavy atom. The zero-order chi connectivity index (χ0) is 20.4.